The molecule has 6 heteroatoms. The fourth-order valence-electron chi connectivity index (χ4n) is 6.83. The lowest BCUT2D eigenvalue weighted by Crippen LogP contribution is -2.30. The van der Waals surface area contributed by atoms with Crippen LogP contribution in [0, 0.1) is 0 Å². The summed E-state index contributed by atoms with van der Waals surface area (Å²) < 4.78 is 16.7. The van der Waals surface area contributed by atoms with Gasteiger partial charge in [-0.05, 0) is 77.0 Å². The Bertz CT molecular complexity index is 1280. The highest BCUT2D eigenvalue weighted by atomic mass is 16.6. The van der Waals surface area contributed by atoms with Crippen molar-refractivity contribution in [3.63, 3.8) is 0 Å². The minimum atomic E-state index is -0.842. The number of carbonyl (C=O) groups excluding carboxylic acids is 3. The highest BCUT2D eigenvalue weighted by Crippen LogP contribution is 2.15. The zero-order valence-corrected chi connectivity index (χ0v) is 40.8. The van der Waals surface area contributed by atoms with Crippen LogP contribution in [0.3, 0.4) is 0 Å². The normalized spacial score (nSPS) is 12.9. The minimum Gasteiger partial charge on any atom is -0.462 e. The molecule has 63 heavy (non-hydrogen) atoms. The van der Waals surface area contributed by atoms with Crippen molar-refractivity contribution >= 4 is 17.9 Å². The number of ether oxygens (including phenoxy) is 3. The van der Waals surface area contributed by atoms with Crippen LogP contribution in [-0.2, 0) is 28.6 Å². The molecule has 0 saturated carbocycles. The molecule has 0 spiro atoms. The van der Waals surface area contributed by atoms with Gasteiger partial charge in [0.15, 0.2) is 6.10 Å². The van der Waals surface area contributed by atoms with Gasteiger partial charge in [-0.2, -0.15) is 0 Å². The summed E-state index contributed by atoms with van der Waals surface area (Å²) in [6.07, 6.45) is 67.1. The van der Waals surface area contributed by atoms with Crippen molar-refractivity contribution in [3.8, 4) is 0 Å². The van der Waals surface area contributed by atoms with Crippen LogP contribution in [-0.4, -0.2) is 37.2 Å². The summed E-state index contributed by atoms with van der Waals surface area (Å²) in [6.45, 7) is 6.30. The van der Waals surface area contributed by atoms with Gasteiger partial charge in [-0.15, -0.1) is 0 Å². The topological polar surface area (TPSA) is 78.9 Å². The molecular weight excluding hydrogens is 781 g/mol. The molecule has 0 amide bonds. The van der Waals surface area contributed by atoms with Crippen molar-refractivity contribution in [2.75, 3.05) is 13.2 Å². The van der Waals surface area contributed by atoms with Crippen LogP contribution in [0.4, 0.5) is 0 Å². The fourth-order valence-corrected chi connectivity index (χ4v) is 6.83. The molecule has 0 heterocycles. The van der Waals surface area contributed by atoms with Gasteiger partial charge in [-0.25, -0.2) is 0 Å². The molecule has 0 N–H and O–H groups in total. The number of esters is 3. The third kappa shape index (κ3) is 49.2. The second kappa shape index (κ2) is 51.0. The predicted octanol–water partition coefficient (Wildman–Crippen LogP) is 17.0. The molecule has 0 bridgehead atoms. The maximum atomic E-state index is 12.7. The van der Waals surface area contributed by atoms with E-state index >= 15 is 0 Å². The number of unbranched alkanes of at least 4 members (excludes halogenated alkanes) is 19. The van der Waals surface area contributed by atoms with E-state index in [-0.39, 0.29) is 31.6 Å². The van der Waals surface area contributed by atoms with Crippen LogP contribution in [0.2, 0.25) is 0 Å². The summed E-state index contributed by atoms with van der Waals surface area (Å²) >= 11 is 0. The lowest BCUT2D eigenvalue weighted by molar-refractivity contribution is -0.166. The van der Waals surface area contributed by atoms with Gasteiger partial charge in [0.05, 0.1) is 6.42 Å². The molecule has 0 aliphatic rings. The summed E-state index contributed by atoms with van der Waals surface area (Å²) in [5, 5.41) is 0. The largest absolute Gasteiger partial charge is 0.462 e. The molecule has 6 nitrogen and oxygen atoms in total. The standard InChI is InChI=1S/C57H94O6/c1-4-7-10-13-16-19-22-25-27-28-30-32-35-38-41-44-47-50-56(59)62-53-54(52-61-55(58)49-46-43-40-37-34-31-24-21-18-15-12-9-6-3)63-57(60)51-48-45-42-39-36-33-29-26-23-20-17-14-11-8-5-2/h8-9,11-12,17-18,20-21,26,29,31,34,36,39,45,48,54H,4-7,10,13-16,19,22-25,27-28,30,32-33,35,37-38,40-44,46-47,49-53H2,1-3H3/b11-8-,12-9-,20-17-,21-18-,29-26-,34-31-,39-36-,48-45-. The van der Waals surface area contributed by atoms with Gasteiger partial charge in [0.25, 0.3) is 0 Å². The van der Waals surface area contributed by atoms with E-state index in [2.05, 4.69) is 106 Å². The van der Waals surface area contributed by atoms with Crippen molar-refractivity contribution in [3.05, 3.63) is 97.2 Å². The van der Waals surface area contributed by atoms with Crippen LogP contribution in [0.1, 0.15) is 226 Å². The molecule has 0 aromatic carbocycles. The third-order valence-electron chi connectivity index (χ3n) is 10.6. The van der Waals surface area contributed by atoms with E-state index < -0.39 is 12.1 Å². The first kappa shape index (κ1) is 59.3. The van der Waals surface area contributed by atoms with Crippen LogP contribution < -0.4 is 0 Å². The molecular formula is C57H94O6. The molecule has 0 fully saturated rings. The lowest BCUT2D eigenvalue weighted by Gasteiger charge is -2.18. The van der Waals surface area contributed by atoms with Crippen molar-refractivity contribution in [1.82, 2.24) is 0 Å². The summed E-state index contributed by atoms with van der Waals surface area (Å²) in [5.41, 5.74) is 0. The van der Waals surface area contributed by atoms with Gasteiger partial charge >= 0.3 is 17.9 Å². The molecule has 0 saturated heterocycles. The summed E-state index contributed by atoms with van der Waals surface area (Å²) in [7, 11) is 0. The van der Waals surface area contributed by atoms with E-state index in [1.54, 1.807) is 6.08 Å². The van der Waals surface area contributed by atoms with E-state index in [1.807, 2.05) is 6.08 Å². The maximum absolute atomic E-state index is 12.7. The van der Waals surface area contributed by atoms with Crippen LogP contribution in [0.25, 0.3) is 0 Å². The van der Waals surface area contributed by atoms with Crippen molar-refractivity contribution in [2.45, 2.75) is 232 Å². The summed E-state index contributed by atoms with van der Waals surface area (Å²) in [5.74, 6) is -1.09. The smallest absolute Gasteiger partial charge is 0.310 e. The highest BCUT2D eigenvalue weighted by molar-refractivity contribution is 5.72. The van der Waals surface area contributed by atoms with E-state index in [1.165, 1.54) is 89.9 Å². The summed E-state index contributed by atoms with van der Waals surface area (Å²) in [4.78, 5) is 37.9. The molecule has 1 atom stereocenters. The highest BCUT2D eigenvalue weighted by Gasteiger charge is 2.19. The van der Waals surface area contributed by atoms with Gasteiger partial charge < -0.3 is 14.2 Å². The first-order valence-corrected chi connectivity index (χ1v) is 25.7. The third-order valence-corrected chi connectivity index (χ3v) is 10.6. The average Bonchev–Trinajstić information content (AvgIpc) is 3.28. The molecule has 0 aromatic heterocycles. The second-order valence-corrected chi connectivity index (χ2v) is 16.7. The van der Waals surface area contributed by atoms with Gasteiger partial charge in [0.1, 0.15) is 13.2 Å². The quantitative estimate of drug-likeness (QED) is 0.0262. The zero-order valence-electron chi connectivity index (χ0n) is 40.8. The van der Waals surface area contributed by atoms with Crippen molar-refractivity contribution in [2.24, 2.45) is 0 Å². The van der Waals surface area contributed by atoms with E-state index in [4.69, 9.17) is 14.2 Å². The van der Waals surface area contributed by atoms with E-state index in [0.29, 0.717) is 19.3 Å². The van der Waals surface area contributed by atoms with Crippen molar-refractivity contribution < 1.29 is 28.6 Å². The fraction of sp³-hybridized carbons (Fsp3) is 0.667. The molecule has 0 rings (SSSR count). The van der Waals surface area contributed by atoms with Gasteiger partial charge in [-0.3, -0.25) is 14.4 Å². The number of hydrogen-bond donors (Lipinski definition) is 0. The Labute approximate surface area is 387 Å². The predicted molar refractivity (Wildman–Crippen MR) is 270 cm³/mol. The van der Waals surface area contributed by atoms with Gasteiger partial charge in [0.2, 0.25) is 0 Å². The molecule has 0 aliphatic carbocycles. The molecule has 0 radical (unpaired) electrons. The zero-order chi connectivity index (χ0) is 45.8. The van der Waals surface area contributed by atoms with Crippen LogP contribution in [0.5, 0.6) is 0 Å². The Kier molecular flexibility index (Phi) is 48.0. The molecule has 358 valence electrons. The summed E-state index contributed by atoms with van der Waals surface area (Å²) in [6, 6.07) is 0. The van der Waals surface area contributed by atoms with E-state index in [9.17, 15) is 14.4 Å². The van der Waals surface area contributed by atoms with Gasteiger partial charge in [0, 0.05) is 12.8 Å². The number of hydrogen-bond acceptors (Lipinski definition) is 6. The Morgan fingerprint density at radius 1 is 0.349 bits per heavy atom. The Balaban J connectivity index is 4.52. The molecule has 0 aromatic rings. The maximum Gasteiger partial charge on any atom is 0.310 e. The number of rotatable bonds is 45. The molecule has 0 aliphatic heterocycles. The Morgan fingerprint density at radius 2 is 0.667 bits per heavy atom. The van der Waals surface area contributed by atoms with Gasteiger partial charge in [-0.1, -0.05) is 227 Å². The molecule has 1 unspecified atom stereocenters. The number of carbonyl (C=O) groups is 3. The SMILES string of the molecule is CC/C=C\C/C=C\C/C=C\C/C=C\C/C=C\CC(=O)OC(COC(=O)CCCCC/C=C\C/C=C\C/C=C\CC)COC(=O)CCCCCCCCCCCCCCCCCCC. The first-order valence-electron chi connectivity index (χ1n) is 25.7. The van der Waals surface area contributed by atoms with E-state index in [0.717, 1.165) is 89.9 Å². The Morgan fingerprint density at radius 3 is 1.05 bits per heavy atom. The van der Waals surface area contributed by atoms with Crippen LogP contribution in [0.15, 0.2) is 97.2 Å². The van der Waals surface area contributed by atoms with Crippen LogP contribution >= 0.6 is 0 Å². The van der Waals surface area contributed by atoms with Crippen molar-refractivity contribution in [1.29, 1.82) is 0 Å². The first-order chi connectivity index (χ1) is 31.0. The average molecular weight is 875 g/mol. The second-order valence-electron chi connectivity index (χ2n) is 16.7. The monoisotopic (exact) mass is 875 g/mol. The Hall–Kier alpha value is -3.67. The minimum absolute atomic E-state index is 0.0895. The number of allylic oxidation sites excluding steroid dienone is 15. The lowest BCUT2D eigenvalue weighted by atomic mass is 10.0.